The summed E-state index contributed by atoms with van der Waals surface area (Å²) in [7, 11) is 1.70. The minimum atomic E-state index is 0.174. The van der Waals surface area contributed by atoms with Gasteiger partial charge < -0.3 is 10.1 Å². The van der Waals surface area contributed by atoms with E-state index in [0.717, 1.165) is 18.7 Å². The van der Waals surface area contributed by atoms with E-state index in [9.17, 15) is 4.79 Å². The van der Waals surface area contributed by atoms with Crippen LogP contribution in [-0.2, 0) is 11.2 Å². The Morgan fingerprint density at radius 1 is 1.39 bits per heavy atom. The first-order chi connectivity index (χ1) is 8.54. The topological polar surface area (TPSA) is 38.3 Å². The number of methoxy groups -OCH3 is 1. The summed E-state index contributed by atoms with van der Waals surface area (Å²) in [5, 5.41) is 3.13. The molecule has 100 valence electrons. The molecule has 3 heteroatoms. The Bertz CT molecular complexity index is 399. The molecule has 0 fully saturated rings. The lowest BCUT2D eigenvalue weighted by molar-refractivity contribution is -0.116. The molecule has 0 saturated carbocycles. The first-order valence-electron chi connectivity index (χ1n) is 6.41. The maximum absolute atomic E-state index is 10.8. The van der Waals surface area contributed by atoms with Crippen LogP contribution in [0.1, 0.15) is 37.8 Å². The van der Waals surface area contributed by atoms with Crippen molar-refractivity contribution in [3.63, 3.8) is 0 Å². The van der Waals surface area contributed by atoms with Crippen LogP contribution in [0.15, 0.2) is 18.2 Å². The lowest BCUT2D eigenvalue weighted by Crippen LogP contribution is -2.23. The summed E-state index contributed by atoms with van der Waals surface area (Å²) in [4.78, 5) is 10.8. The third kappa shape index (κ3) is 4.49. The SMILES string of the molecule is COc1ccc(CCNCC(C)=O)cc1C(C)C. The average Bonchev–Trinajstić information content (AvgIpc) is 2.34. The van der Waals surface area contributed by atoms with Crippen molar-refractivity contribution in [2.45, 2.75) is 33.1 Å². The van der Waals surface area contributed by atoms with E-state index in [-0.39, 0.29) is 5.78 Å². The Hall–Kier alpha value is -1.35. The molecule has 0 amide bonds. The molecule has 0 saturated heterocycles. The zero-order valence-electron chi connectivity index (χ0n) is 11.7. The zero-order valence-corrected chi connectivity index (χ0v) is 11.7. The van der Waals surface area contributed by atoms with Crippen LogP contribution in [0.2, 0.25) is 0 Å². The molecule has 0 unspecified atom stereocenters. The maximum Gasteiger partial charge on any atom is 0.143 e. The van der Waals surface area contributed by atoms with Crippen LogP contribution in [0.5, 0.6) is 5.75 Å². The summed E-state index contributed by atoms with van der Waals surface area (Å²) in [5.74, 6) is 1.57. The number of nitrogens with one attached hydrogen (secondary N) is 1. The third-order valence-corrected chi connectivity index (χ3v) is 2.88. The first kappa shape index (κ1) is 14.7. The highest BCUT2D eigenvalue weighted by atomic mass is 16.5. The molecule has 1 aromatic carbocycles. The van der Waals surface area contributed by atoms with E-state index in [4.69, 9.17) is 4.74 Å². The highest BCUT2D eigenvalue weighted by Crippen LogP contribution is 2.27. The predicted octanol–water partition coefficient (Wildman–Crippen LogP) is 2.54. The predicted molar refractivity (Wildman–Crippen MR) is 74.3 cm³/mol. The summed E-state index contributed by atoms with van der Waals surface area (Å²) in [6.45, 7) is 7.19. The molecule has 3 nitrogen and oxygen atoms in total. The Balaban J connectivity index is 2.61. The van der Waals surface area contributed by atoms with Gasteiger partial charge in [0.2, 0.25) is 0 Å². The van der Waals surface area contributed by atoms with Crippen LogP contribution in [0.4, 0.5) is 0 Å². The van der Waals surface area contributed by atoms with Gasteiger partial charge in [-0.3, -0.25) is 4.79 Å². The van der Waals surface area contributed by atoms with Crippen molar-refractivity contribution in [3.05, 3.63) is 29.3 Å². The fraction of sp³-hybridized carbons (Fsp3) is 0.533. The van der Waals surface area contributed by atoms with Gasteiger partial charge in [0.1, 0.15) is 11.5 Å². The van der Waals surface area contributed by atoms with Gasteiger partial charge >= 0.3 is 0 Å². The summed E-state index contributed by atoms with van der Waals surface area (Å²) in [6.07, 6.45) is 0.928. The van der Waals surface area contributed by atoms with Crippen LogP contribution < -0.4 is 10.1 Å². The largest absolute Gasteiger partial charge is 0.496 e. The van der Waals surface area contributed by atoms with Crippen molar-refractivity contribution in [1.29, 1.82) is 0 Å². The maximum atomic E-state index is 10.8. The molecule has 0 spiro atoms. The van der Waals surface area contributed by atoms with E-state index < -0.39 is 0 Å². The number of ether oxygens (including phenoxy) is 1. The van der Waals surface area contributed by atoms with E-state index in [0.29, 0.717) is 12.5 Å². The van der Waals surface area contributed by atoms with Crippen molar-refractivity contribution in [3.8, 4) is 5.75 Å². The molecule has 0 bridgehead atoms. The van der Waals surface area contributed by atoms with E-state index in [1.807, 2.05) is 6.07 Å². The fourth-order valence-electron chi connectivity index (χ4n) is 1.89. The number of hydrogen-bond acceptors (Lipinski definition) is 3. The Labute approximate surface area is 110 Å². The molecular formula is C15H23NO2. The first-order valence-corrected chi connectivity index (χ1v) is 6.41. The monoisotopic (exact) mass is 249 g/mol. The number of carbonyl (C=O) groups is 1. The minimum Gasteiger partial charge on any atom is -0.496 e. The summed E-state index contributed by atoms with van der Waals surface area (Å²) in [6, 6.07) is 6.30. The fourth-order valence-corrected chi connectivity index (χ4v) is 1.89. The lowest BCUT2D eigenvalue weighted by Gasteiger charge is -2.13. The Morgan fingerprint density at radius 3 is 2.67 bits per heavy atom. The van der Waals surface area contributed by atoms with Crippen LogP contribution in [0.3, 0.4) is 0 Å². The summed E-state index contributed by atoms with van der Waals surface area (Å²) in [5.41, 5.74) is 2.51. The van der Waals surface area contributed by atoms with E-state index >= 15 is 0 Å². The molecule has 1 N–H and O–H groups in total. The minimum absolute atomic E-state index is 0.174. The molecule has 0 atom stereocenters. The second kappa shape index (κ2) is 7.17. The van der Waals surface area contributed by atoms with E-state index in [1.165, 1.54) is 11.1 Å². The number of benzene rings is 1. The van der Waals surface area contributed by atoms with Crippen LogP contribution in [0.25, 0.3) is 0 Å². The lowest BCUT2D eigenvalue weighted by atomic mass is 9.98. The quantitative estimate of drug-likeness (QED) is 0.755. The van der Waals surface area contributed by atoms with Gasteiger partial charge in [0.25, 0.3) is 0 Å². The van der Waals surface area contributed by atoms with Gasteiger partial charge in [-0.05, 0) is 43.0 Å². The van der Waals surface area contributed by atoms with Crippen LogP contribution in [0, 0.1) is 0 Å². The second-order valence-electron chi connectivity index (χ2n) is 4.86. The van der Waals surface area contributed by atoms with E-state index in [1.54, 1.807) is 14.0 Å². The van der Waals surface area contributed by atoms with Gasteiger partial charge in [0, 0.05) is 0 Å². The zero-order chi connectivity index (χ0) is 13.5. The van der Waals surface area contributed by atoms with Gasteiger partial charge in [0.05, 0.1) is 13.7 Å². The molecule has 0 aliphatic rings. The molecule has 0 aliphatic carbocycles. The molecule has 18 heavy (non-hydrogen) atoms. The van der Waals surface area contributed by atoms with Gasteiger partial charge in [-0.2, -0.15) is 0 Å². The Morgan fingerprint density at radius 2 is 2.11 bits per heavy atom. The van der Waals surface area contributed by atoms with Crippen molar-refractivity contribution in [1.82, 2.24) is 5.32 Å². The van der Waals surface area contributed by atoms with Crippen molar-refractivity contribution < 1.29 is 9.53 Å². The molecule has 0 heterocycles. The van der Waals surface area contributed by atoms with Gasteiger partial charge in [-0.1, -0.05) is 26.0 Å². The molecule has 0 aliphatic heterocycles. The van der Waals surface area contributed by atoms with Crippen molar-refractivity contribution in [2.24, 2.45) is 0 Å². The summed E-state index contributed by atoms with van der Waals surface area (Å²) < 4.78 is 5.36. The standard InChI is InChI=1S/C15H23NO2/c1-11(2)14-9-13(5-6-15(14)18-4)7-8-16-10-12(3)17/h5-6,9,11,16H,7-8,10H2,1-4H3. The number of carbonyl (C=O) groups excluding carboxylic acids is 1. The molecule has 0 aromatic heterocycles. The molecule has 1 aromatic rings. The van der Waals surface area contributed by atoms with Gasteiger partial charge in [-0.25, -0.2) is 0 Å². The van der Waals surface area contributed by atoms with Gasteiger partial charge in [-0.15, -0.1) is 0 Å². The second-order valence-corrected chi connectivity index (χ2v) is 4.86. The average molecular weight is 249 g/mol. The molecular weight excluding hydrogens is 226 g/mol. The number of rotatable bonds is 7. The normalized spacial score (nSPS) is 10.7. The number of ketones is 1. The van der Waals surface area contributed by atoms with E-state index in [2.05, 4.69) is 31.3 Å². The number of hydrogen-bond donors (Lipinski definition) is 1. The smallest absolute Gasteiger partial charge is 0.143 e. The third-order valence-electron chi connectivity index (χ3n) is 2.88. The van der Waals surface area contributed by atoms with Crippen molar-refractivity contribution >= 4 is 5.78 Å². The van der Waals surface area contributed by atoms with Gasteiger partial charge in [0.15, 0.2) is 0 Å². The van der Waals surface area contributed by atoms with Crippen LogP contribution >= 0.6 is 0 Å². The summed E-state index contributed by atoms with van der Waals surface area (Å²) >= 11 is 0. The molecule has 0 radical (unpaired) electrons. The van der Waals surface area contributed by atoms with Crippen LogP contribution in [-0.4, -0.2) is 26.0 Å². The molecule has 1 rings (SSSR count). The number of Topliss-reactive ketones (excluding diaryl/α,β-unsaturated/α-hetero) is 1. The van der Waals surface area contributed by atoms with Crippen molar-refractivity contribution in [2.75, 3.05) is 20.2 Å². The Kier molecular flexibility index (Phi) is 5.86. The highest BCUT2D eigenvalue weighted by Gasteiger charge is 2.08. The highest BCUT2D eigenvalue weighted by molar-refractivity contribution is 5.77.